The quantitative estimate of drug-likeness (QED) is 0.729. The Morgan fingerprint density at radius 1 is 1.20 bits per heavy atom. The Balaban J connectivity index is 2.92. The van der Waals surface area contributed by atoms with Crippen LogP contribution in [0.3, 0.4) is 0 Å². The average Bonchev–Trinajstić information content (AvgIpc) is 2.15. The van der Waals surface area contributed by atoms with E-state index in [1.165, 1.54) is 11.1 Å². The smallest absolute Gasteiger partial charge is 0.00159 e. The van der Waals surface area contributed by atoms with Crippen LogP contribution in [0.25, 0.3) is 0 Å². The Hall–Kier alpha value is -0.820. The van der Waals surface area contributed by atoms with Crippen LogP contribution < -0.4 is 0 Å². The van der Waals surface area contributed by atoms with E-state index >= 15 is 0 Å². The third-order valence-corrected chi connectivity index (χ3v) is 2.88. The SMILES string of the molecule is Cc1cccc(C(C)C)c1CCN(C)C. The average molecular weight is 205 g/mol. The van der Waals surface area contributed by atoms with Gasteiger partial charge in [0.1, 0.15) is 0 Å². The summed E-state index contributed by atoms with van der Waals surface area (Å²) in [5.74, 6) is 0.627. The maximum atomic E-state index is 2.27. The van der Waals surface area contributed by atoms with Gasteiger partial charge in [-0.25, -0.2) is 0 Å². The second kappa shape index (κ2) is 5.32. The van der Waals surface area contributed by atoms with Crippen molar-refractivity contribution in [2.75, 3.05) is 20.6 Å². The highest BCUT2D eigenvalue weighted by Crippen LogP contribution is 2.22. The fraction of sp³-hybridized carbons (Fsp3) is 0.571. The lowest BCUT2D eigenvalue weighted by atomic mass is 9.92. The van der Waals surface area contributed by atoms with Gasteiger partial charge in [0.2, 0.25) is 0 Å². The van der Waals surface area contributed by atoms with Gasteiger partial charge in [-0.2, -0.15) is 0 Å². The molecule has 0 N–H and O–H groups in total. The van der Waals surface area contributed by atoms with Crippen LogP contribution in [0.4, 0.5) is 0 Å². The van der Waals surface area contributed by atoms with Crippen molar-refractivity contribution in [2.45, 2.75) is 33.1 Å². The summed E-state index contributed by atoms with van der Waals surface area (Å²) >= 11 is 0. The summed E-state index contributed by atoms with van der Waals surface area (Å²) in [6.07, 6.45) is 1.16. The van der Waals surface area contributed by atoms with Crippen LogP contribution in [0.1, 0.15) is 36.5 Å². The van der Waals surface area contributed by atoms with Crippen LogP contribution >= 0.6 is 0 Å². The van der Waals surface area contributed by atoms with E-state index in [4.69, 9.17) is 0 Å². The Morgan fingerprint density at radius 2 is 1.87 bits per heavy atom. The van der Waals surface area contributed by atoms with Crippen LogP contribution in [-0.2, 0) is 6.42 Å². The fourth-order valence-electron chi connectivity index (χ4n) is 1.94. The monoisotopic (exact) mass is 205 g/mol. The molecule has 1 rings (SSSR count). The lowest BCUT2D eigenvalue weighted by Crippen LogP contribution is -2.16. The first-order valence-corrected chi connectivity index (χ1v) is 5.75. The molecule has 0 radical (unpaired) electrons. The Labute approximate surface area is 94.1 Å². The number of hydrogen-bond acceptors (Lipinski definition) is 1. The van der Waals surface area contributed by atoms with E-state index in [0.717, 1.165) is 13.0 Å². The molecule has 0 spiro atoms. The summed E-state index contributed by atoms with van der Waals surface area (Å²) in [7, 11) is 4.26. The van der Waals surface area contributed by atoms with E-state index in [2.05, 4.69) is 58.0 Å². The molecule has 1 heteroatoms. The van der Waals surface area contributed by atoms with Crippen LogP contribution in [0.15, 0.2) is 18.2 Å². The van der Waals surface area contributed by atoms with E-state index in [9.17, 15) is 0 Å². The number of likely N-dealkylation sites (N-methyl/N-ethyl adjacent to an activating group) is 1. The molecule has 15 heavy (non-hydrogen) atoms. The zero-order valence-electron chi connectivity index (χ0n) is 10.7. The molecule has 0 amide bonds. The molecule has 0 aliphatic carbocycles. The Morgan fingerprint density at radius 3 is 2.40 bits per heavy atom. The zero-order valence-corrected chi connectivity index (χ0v) is 10.7. The highest BCUT2D eigenvalue weighted by molar-refractivity contribution is 5.36. The van der Waals surface area contributed by atoms with Gasteiger partial charge < -0.3 is 4.90 Å². The van der Waals surface area contributed by atoms with E-state index in [0.29, 0.717) is 5.92 Å². The van der Waals surface area contributed by atoms with Gasteiger partial charge >= 0.3 is 0 Å². The molecule has 1 aromatic carbocycles. The lowest BCUT2D eigenvalue weighted by molar-refractivity contribution is 0.412. The van der Waals surface area contributed by atoms with E-state index in [1.54, 1.807) is 5.56 Å². The van der Waals surface area contributed by atoms with Crippen molar-refractivity contribution < 1.29 is 0 Å². The molecule has 0 aromatic heterocycles. The third-order valence-electron chi connectivity index (χ3n) is 2.88. The Bertz CT molecular complexity index is 313. The van der Waals surface area contributed by atoms with Gasteiger partial charge in [-0.15, -0.1) is 0 Å². The molecule has 0 saturated heterocycles. The van der Waals surface area contributed by atoms with Gasteiger partial charge in [-0.05, 0) is 50.0 Å². The Kier molecular flexibility index (Phi) is 4.34. The number of benzene rings is 1. The molecule has 84 valence electrons. The number of aryl methyl sites for hydroxylation is 1. The molecular formula is C14H23N. The van der Waals surface area contributed by atoms with Crippen molar-refractivity contribution in [2.24, 2.45) is 0 Å². The molecule has 1 aromatic rings. The predicted octanol–water partition coefficient (Wildman–Crippen LogP) is 3.22. The first-order chi connectivity index (χ1) is 7.02. The molecule has 0 unspecified atom stereocenters. The number of rotatable bonds is 4. The molecule has 1 nitrogen and oxygen atoms in total. The van der Waals surface area contributed by atoms with Crippen molar-refractivity contribution in [3.05, 3.63) is 34.9 Å². The summed E-state index contributed by atoms with van der Waals surface area (Å²) in [6.45, 7) is 7.89. The largest absolute Gasteiger partial charge is 0.309 e. The molecule has 0 heterocycles. The van der Waals surface area contributed by atoms with Crippen molar-refractivity contribution in [1.29, 1.82) is 0 Å². The molecule has 0 fully saturated rings. The molecule has 0 aliphatic heterocycles. The summed E-state index contributed by atoms with van der Waals surface area (Å²) in [6, 6.07) is 6.66. The van der Waals surface area contributed by atoms with Gasteiger partial charge in [0.25, 0.3) is 0 Å². The first kappa shape index (κ1) is 12.3. The maximum Gasteiger partial charge on any atom is 0.00159 e. The van der Waals surface area contributed by atoms with Crippen molar-refractivity contribution in [3.8, 4) is 0 Å². The molecule has 0 saturated carbocycles. The lowest BCUT2D eigenvalue weighted by Gasteiger charge is -2.17. The van der Waals surface area contributed by atoms with E-state index in [-0.39, 0.29) is 0 Å². The summed E-state index contributed by atoms with van der Waals surface area (Å²) in [5.41, 5.74) is 4.49. The summed E-state index contributed by atoms with van der Waals surface area (Å²) in [5, 5.41) is 0. The topological polar surface area (TPSA) is 3.24 Å². The normalized spacial score (nSPS) is 11.4. The third kappa shape index (κ3) is 3.35. The van der Waals surface area contributed by atoms with Crippen molar-refractivity contribution >= 4 is 0 Å². The first-order valence-electron chi connectivity index (χ1n) is 5.75. The number of nitrogens with zero attached hydrogens (tertiary/aromatic N) is 1. The zero-order chi connectivity index (χ0) is 11.4. The minimum Gasteiger partial charge on any atom is -0.309 e. The predicted molar refractivity (Wildman–Crippen MR) is 67.5 cm³/mol. The maximum absolute atomic E-state index is 2.27. The van der Waals surface area contributed by atoms with Gasteiger partial charge in [0.05, 0.1) is 0 Å². The van der Waals surface area contributed by atoms with Gasteiger partial charge in [-0.1, -0.05) is 32.0 Å². The van der Waals surface area contributed by atoms with Crippen molar-refractivity contribution in [1.82, 2.24) is 4.90 Å². The van der Waals surface area contributed by atoms with Gasteiger partial charge in [0.15, 0.2) is 0 Å². The van der Waals surface area contributed by atoms with Crippen LogP contribution in [-0.4, -0.2) is 25.5 Å². The van der Waals surface area contributed by atoms with Crippen molar-refractivity contribution in [3.63, 3.8) is 0 Å². The van der Waals surface area contributed by atoms with E-state index < -0.39 is 0 Å². The summed E-state index contributed by atoms with van der Waals surface area (Å²) in [4.78, 5) is 2.25. The standard InChI is InChI=1S/C14H23N/c1-11(2)13-8-6-7-12(3)14(13)9-10-15(4)5/h6-8,11H,9-10H2,1-5H3. The van der Waals surface area contributed by atoms with Gasteiger partial charge in [-0.3, -0.25) is 0 Å². The highest BCUT2D eigenvalue weighted by atomic mass is 15.0. The van der Waals surface area contributed by atoms with Crippen LogP contribution in [0, 0.1) is 6.92 Å². The second-order valence-electron chi connectivity index (χ2n) is 4.85. The minimum atomic E-state index is 0.627. The van der Waals surface area contributed by atoms with E-state index in [1.807, 2.05) is 0 Å². The molecule has 0 atom stereocenters. The fourth-order valence-corrected chi connectivity index (χ4v) is 1.94. The highest BCUT2D eigenvalue weighted by Gasteiger charge is 2.08. The molecule has 0 aliphatic rings. The molecular weight excluding hydrogens is 182 g/mol. The van der Waals surface area contributed by atoms with Crippen LogP contribution in [0.2, 0.25) is 0 Å². The number of hydrogen-bond donors (Lipinski definition) is 0. The minimum absolute atomic E-state index is 0.627. The second-order valence-corrected chi connectivity index (χ2v) is 4.85. The summed E-state index contributed by atoms with van der Waals surface area (Å²) < 4.78 is 0. The van der Waals surface area contributed by atoms with Crippen LogP contribution in [0.5, 0.6) is 0 Å². The molecule has 0 bridgehead atoms. The van der Waals surface area contributed by atoms with Gasteiger partial charge in [0, 0.05) is 6.54 Å².